The van der Waals surface area contributed by atoms with E-state index in [0.29, 0.717) is 0 Å². The monoisotopic (exact) mass is 497 g/mol. The molecule has 30 heavy (non-hydrogen) atoms. The molecule has 0 aliphatic carbocycles. The van der Waals surface area contributed by atoms with Crippen molar-refractivity contribution in [3.8, 4) is 0 Å². The summed E-state index contributed by atoms with van der Waals surface area (Å²) in [7, 11) is -16.6. The maximum atomic E-state index is 12.0. The van der Waals surface area contributed by atoms with Gasteiger partial charge in [0.05, 0.1) is 6.61 Å². The van der Waals surface area contributed by atoms with Gasteiger partial charge in [-0.25, -0.2) is 24.4 Å². The van der Waals surface area contributed by atoms with E-state index in [4.69, 9.17) is 25.3 Å². The van der Waals surface area contributed by atoms with Crippen LogP contribution in [0.15, 0.2) is 15.8 Å². The third kappa shape index (κ3) is 7.00. The number of phosphoric acid groups is 3. The van der Waals surface area contributed by atoms with Gasteiger partial charge in [-0.05, 0) is 6.92 Å². The molecule has 2 heterocycles. The normalized spacial score (nSPS) is 26.3. The predicted octanol–water partition coefficient (Wildman–Crippen LogP) is -1.27. The summed E-state index contributed by atoms with van der Waals surface area (Å²) in [5, 5.41) is 0. The molecule has 1 aliphatic heterocycles. The first kappa shape index (κ1) is 25.2. The minimum Gasteiger partial charge on any atom is -0.349 e. The number of aryl methyl sites for hydroxylation is 1. The van der Waals surface area contributed by atoms with Gasteiger partial charge in [-0.1, -0.05) is 0 Å². The van der Waals surface area contributed by atoms with Crippen LogP contribution in [0.4, 0.5) is 0 Å². The van der Waals surface area contributed by atoms with E-state index in [0.717, 1.165) is 4.57 Å². The lowest BCUT2D eigenvalue weighted by Crippen LogP contribution is -2.33. The molecule has 0 spiro atoms. The Morgan fingerprint density at radius 2 is 1.83 bits per heavy atom. The quantitative estimate of drug-likeness (QED) is 0.172. The van der Waals surface area contributed by atoms with Crippen molar-refractivity contribution in [2.45, 2.75) is 31.8 Å². The van der Waals surface area contributed by atoms with Crippen LogP contribution in [-0.2, 0) is 36.4 Å². The van der Waals surface area contributed by atoms with Gasteiger partial charge in [-0.15, -0.1) is 0 Å². The second-order valence-electron chi connectivity index (χ2n) is 5.90. The van der Waals surface area contributed by atoms with E-state index in [2.05, 4.69) is 23.0 Å². The first-order valence-corrected chi connectivity index (χ1v) is 12.3. The van der Waals surface area contributed by atoms with Crippen molar-refractivity contribution < 1.29 is 56.0 Å². The Labute approximate surface area is 166 Å². The fraction of sp³-hybridized carbons (Fsp3) is 0.600. The lowest BCUT2D eigenvalue weighted by molar-refractivity contribution is -0.0618. The second-order valence-corrected chi connectivity index (χ2v) is 10.3. The Hall–Kier alpha value is -1.03. The molecule has 17 nitrogen and oxygen atoms in total. The molecule has 0 radical (unpaired) electrons. The van der Waals surface area contributed by atoms with Gasteiger partial charge in [0.25, 0.3) is 5.56 Å². The largest absolute Gasteiger partial charge is 0.490 e. The van der Waals surface area contributed by atoms with E-state index < -0.39 is 59.8 Å². The van der Waals surface area contributed by atoms with Gasteiger partial charge in [-0.2, -0.15) is 8.62 Å². The number of phosphoric ester groups is 1. The number of rotatable bonds is 9. The van der Waals surface area contributed by atoms with E-state index in [-0.39, 0.29) is 12.0 Å². The van der Waals surface area contributed by atoms with E-state index in [1.165, 1.54) is 13.1 Å². The molecular weight excluding hydrogens is 479 g/mol. The summed E-state index contributed by atoms with van der Waals surface area (Å²) in [5.74, 6) is 5.13. The molecule has 1 aromatic heterocycles. The molecule has 1 aliphatic rings. The summed E-state index contributed by atoms with van der Waals surface area (Å²) in [5.41, 5.74) is -1.22. The summed E-state index contributed by atoms with van der Waals surface area (Å²) < 4.78 is 51.8. The maximum absolute atomic E-state index is 12.0. The Morgan fingerprint density at radius 1 is 1.20 bits per heavy atom. The molecule has 0 aromatic carbocycles. The topological polar surface area (TPSA) is 259 Å². The molecule has 20 heteroatoms. The van der Waals surface area contributed by atoms with Gasteiger partial charge < -0.3 is 24.3 Å². The Bertz CT molecular complexity index is 1030. The number of nitrogens with one attached hydrogen (secondary N) is 1. The van der Waals surface area contributed by atoms with Crippen LogP contribution in [0.5, 0.6) is 0 Å². The number of H-pyrrole nitrogens is 1. The van der Waals surface area contributed by atoms with Gasteiger partial charge in [-0.3, -0.25) is 23.7 Å². The van der Waals surface area contributed by atoms with Crippen molar-refractivity contribution in [2.24, 2.45) is 5.90 Å². The second kappa shape index (κ2) is 9.22. The first-order valence-electron chi connectivity index (χ1n) is 7.74. The highest BCUT2D eigenvalue weighted by atomic mass is 31.3. The van der Waals surface area contributed by atoms with Crippen LogP contribution in [-0.4, -0.2) is 47.9 Å². The van der Waals surface area contributed by atoms with Crippen LogP contribution >= 0.6 is 23.5 Å². The Balaban J connectivity index is 2.08. The van der Waals surface area contributed by atoms with Gasteiger partial charge in [0, 0.05) is 18.2 Å². The molecular formula is C10H18N3O14P3. The van der Waals surface area contributed by atoms with E-state index >= 15 is 0 Å². The summed E-state index contributed by atoms with van der Waals surface area (Å²) in [6.07, 6.45) is -2.03. The van der Waals surface area contributed by atoms with E-state index in [1.807, 2.05) is 0 Å². The number of hydrogen-bond acceptors (Lipinski definition) is 11. The summed E-state index contributed by atoms with van der Waals surface area (Å²) in [6.45, 7) is 0.618. The Kier molecular flexibility index (Phi) is 7.76. The standard InChI is InChI=1S/C10H18N3O14P3/c1-5-3-13(10(15)12-9(5)14)8-2-6(25-11)7(24-8)4-23-29(19,20)27-30(21,22)26-28(16,17)18/h3,6-8H,2,4,11H2,1H3,(H,19,20)(H,21,22)(H,12,14,15)(H2,16,17,18)/t6-,7+,8+/m0/s1. The van der Waals surface area contributed by atoms with Crippen LogP contribution in [0, 0.1) is 6.92 Å². The van der Waals surface area contributed by atoms with Crippen LogP contribution < -0.4 is 17.1 Å². The lowest BCUT2D eigenvalue weighted by atomic mass is 10.2. The Morgan fingerprint density at radius 3 is 2.40 bits per heavy atom. The van der Waals surface area contributed by atoms with E-state index in [9.17, 15) is 28.2 Å². The highest BCUT2D eigenvalue weighted by molar-refractivity contribution is 7.66. The number of ether oxygens (including phenoxy) is 1. The van der Waals surface area contributed by atoms with Gasteiger partial charge >= 0.3 is 29.2 Å². The summed E-state index contributed by atoms with van der Waals surface area (Å²) in [4.78, 5) is 65.7. The summed E-state index contributed by atoms with van der Waals surface area (Å²) >= 11 is 0. The molecule has 2 unspecified atom stereocenters. The molecule has 5 atom stereocenters. The van der Waals surface area contributed by atoms with Crippen molar-refractivity contribution in [1.29, 1.82) is 0 Å². The third-order valence-corrected chi connectivity index (χ3v) is 7.43. The third-order valence-electron chi connectivity index (χ3n) is 3.63. The zero-order chi connectivity index (χ0) is 22.9. The molecule has 2 rings (SSSR count). The maximum Gasteiger partial charge on any atom is 0.490 e. The molecule has 0 bridgehead atoms. The van der Waals surface area contributed by atoms with Crippen molar-refractivity contribution in [3.05, 3.63) is 32.6 Å². The minimum atomic E-state index is -5.67. The van der Waals surface area contributed by atoms with Crippen molar-refractivity contribution in [1.82, 2.24) is 9.55 Å². The molecule has 172 valence electrons. The molecule has 1 aromatic rings. The average molecular weight is 497 g/mol. The van der Waals surface area contributed by atoms with Gasteiger partial charge in [0.2, 0.25) is 0 Å². The van der Waals surface area contributed by atoms with Gasteiger partial charge in [0.15, 0.2) is 0 Å². The average Bonchev–Trinajstić information content (AvgIpc) is 2.96. The predicted molar refractivity (Wildman–Crippen MR) is 93.5 cm³/mol. The van der Waals surface area contributed by atoms with Crippen LogP contribution in [0.2, 0.25) is 0 Å². The molecule has 1 saturated heterocycles. The zero-order valence-electron chi connectivity index (χ0n) is 15.0. The highest BCUT2D eigenvalue weighted by Gasteiger charge is 2.43. The number of hydrogen-bond donors (Lipinski definition) is 6. The molecule has 1 fully saturated rings. The van der Waals surface area contributed by atoms with Gasteiger partial charge in [0.1, 0.15) is 18.4 Å². The van der Waals surface area contributed by atoms with Crippen LogP contribution in [0.1, 0.15) is 18.2 Å². The molecule has 0 saturated carbocycles. The SMILES string of the molecule is Cc1cn([C@H]2C[C@H](ON)[C@@H](COP(=O)(O)OP(=O)(O)OP(=O)(O)O)O2)c(=O)[nH]c1=O. The first-order chi connectivity index (χ1) is 13.6. The van der Waals surface area contributed by atoms with Crippen LogP contribution in [0.25, 0.3) is 0 Å². The number of aromatic nitrogens is 2. The zero-order valence-corrected chi connectivity index (χ0v) is 17.6. The highest BCUT2D eigenvalue weighted by Crippen LogP contribution is 2.66. The van der Waals surface area contributed by atoms with E-state index in [1.54, 1.807) is 0 Å². The number of nitrogens with zero attached hydrogens (tertiary/aromatic N) is 1. The lowest BCUT2D eigenvalue weighted by Gasteiger charge is -2.20. The number of aromatic amines is 1. The molecule has 7 N–H and O–H groups in total. The van der Waals surface area contributed by atoms with Crippen molar-refractivity contribution in [3.63, 3.8) is 0 Å². The fourth-order valence-electron chi connectivity index (χ4n) is 2.44. The smallest absolute Gasteiger partial charge is 0.349 e. The fourth-order valence-corrected chi connectivity index (χ4v) is 5.47. The summed E-state index contributed by atoms with van der Waals surface area (Å²) in [6, 6.07) is 0. The van der Waals surface area contributed by atoms with Crippen LogP contribution in [0.3, 0.4) is 0 Å². The molecule has 0 amide bonds. The van der Waals surface area contributed by atoms with Crippen molar-refractivity contribution in [2.75, 3.05) is 6.61 Å². The number of nitrogens with two attached hydrogens (primary N) is 1. The minimum absolute atomic E-state index is 0.0493. The van der Waals surface area contributed by atoms with Crippen molar-refractivity contribution >= 4 is 23.5 Å².